The van der Waals surface area contributed by atoms with E-state index in [4.69, 9.17) is 5.11 Å². The Morgan fingerprint density at radius 3 is 2.68 bits per heavy atom. The molecule has 0 radical (unpaired) electrons. The van der Waals surface area contributed by atoms with Crippen molar-refractivity contribution in [2.45, 2.75) is 18.6 Å². The van der Waals surface area contributed by atoms with E-state index >= 15 is 0 Å². The number of nitrogens with one attached hydrogen (secondary N) is 1. The van der Waals surface area contributed by atoms with Crippen LogP contribution in [0, 0.1) is 0 Å². The van der Waals surface area contributed by atoms with E-state index in [-0.39, 0.29) is 19.0 Å². The molecule has 2 aromatic rings. The number of aliphatic hydroxyl groups excluding tert-OH is 2. The van der Waals surface area contributed by atoms with Crippen LogP contribution in [0.3, 0.4) is 0 Å². The monoisotopic (exact) mass is 328 g/mol. The molecule has 1 unspecified atom stereocenters. The molecule has 1 aromatic heterocycles. The Hall–Kier alpha value is -1.60. The number of hydrogen-bond acceptors (Lipinski definition) is 4. The van der Waals surface area contributed by atoms with Gasteiger partial charge in [-0.25, -0.2) is 0 Å². The Kier molecular flexibility index (Phi) is 6.83. The molecule has 0 amide bonds. The molecule has 22 heavy (non-hydrogen) atoms. The number of carboxylic acid groups (broad SMARTS) is 1. The Labute approximate surface area is 134 Å². The summed E-state index contributed by atoms with van der Waals surface area (Å²) in [4.78, 5) is 11.3. The van der Waals surface area contributed by atoms with Gasteiger partial charge in [-0.15, -0.1) is 12.4 Å². The zero-order chi connectivity index (χ0) is 15.4. The number of fused-ring (bicyclic) bond motifs is 1. The van der Waals surface area contributed by atoms with Gasteiger partial charge in [0.25, 0.3) is 0 Å². The summed E-state index contributed by atoms with van der Waals surface area (Å²) in [7, 11) is 1.92. The highest BCUT2D eigenvalue weighted by molar-refractivity contribution is 5.85. The van der Waals surface area contributed by atoms with Crippen LogP contribution in [0.5, 0.6) is 0 Å². The number of carbonyl (C=O) groups is 1. The van der Waals surface area contributed by atoms with Crippen LogP contribution in [0.25, 0.3) is 10.9 Å². The molecule has 0 spiro atoms. The number of rotatable bonds is 7. The summed E-state index contributed by atoms with van der Waals surface area (Å²) >= 11 is 0. The van der Waals surface area contributed by atoms with Gasteiger partial charge in [0.05, 0.1) is 12.7 Å². The quantitative estimate of drug-likeness (QED) is 0.595. The van der Waals surface area contributed by atoms with Crippen LogP contribution >= 0.6 is 12.4 Å². The number of aliphatic hydroxyl groups is 2. The maximum atomic E-state index is 11.3. The number of para-hydroxylation sites is 1. The molecule has 2 atom stereocenters. The Bertz CT molecular complexity index is 629. The maximum absolute atomic E-state index is 11.3. The first-order valence-electron chi connectivity index (χ1n) is 6.81. The minimum Gasteiger partial charge on any atom is -0.480 e. The van der Waals surface area contributed by atoms with Gasteiger partial charge >= 0.3 is 5.97 Å². The smallest absolute Gasteiger partial charge is 0.321 e. The number of nitrogens with zero attached hydrogens (tertiary/aromatic N) is 1. The zero-order valence-electron chi connectivity index (χ0n) is 12.3. The minimum atomic E-state index is -0.979. The summed E-state index contributed by atoms with van der Waals surface area (Å²) in [6.45, 7) is -0.355. The standard InChI is InChI=1S/C15H20N2O4.ClH/c1-17-8-10(12-4-2-3-5-14(12)17)6-13(15(20)21)16-7-11(19)9-18;/h2-5,8,11,13,16,18-19H,6-7,9H2,1H3,(H,20,21);1H/t11?,13-;/m1./s1. The van der Waals surface area contributed by atoms with E-state index in [1.54, 1.807) is 0 Å². The van der Waals surface area contributed by atoms with Crippen molar-refractivity contribution in [3.63, 3.8) is 0 Å². The number of aliphatic carboxylic acids is 1. The van der Waals surface area contributed by atoms with Gasteiger partial charge in [-0.1, -0.05) is 18.2 Å². The molecule has 1 aromatic carbocycles. The van der Waals surface area contributed by atoms with Crippen molar-refractivity contribution in [3.05, 3.63) is 36.0 Å². The highest BCUT2D eigenvalue weighted by Gasteiger charge is 2.20. The van der Waals surface area contributed by atoms with Crippen LogP contribution in [0.15, 0.2) is 30.5 Å². The SMILES string of the molecule is Cl.Cn1cc(C[C@@H](NCC(O)CO)C(=O)O)c2ccccc21. The Morgan fingerprint density at radius 2 is 2.05 bits per heavy atom. The van der Waals surface area contributed by atoms with Crippen molar-refractivity contribution in [3.8, 4) is 0 Å². The fourth-order valence-electron chi connectivity index (χ4n) is 2.40. The first-order valence-corrected chi connectivity index (χ1v) is 6.81. The molecule has 122 valence electrons. The largest absolute Gasteiger partial charge is 0.480 e. The van der Waals surface area contributed by atoms with Gasteiger partial charge in [0.2, 0.25) is 0 Å². The molecule has 0 aliphatic rings. The topological polar surface area (TPSA) is 94.7 Å². The summed E-state index contributed by atoms with van der Waals surface area (Å²) in [6.07, 6.45) is 1.28. The molecular formula is C15H21ClN2O4. The van der Waals surface area contributed by atoms with E-state index in [1.807, 2.05) is 42.1 Å². The fraction of sp³-hybridized carbons (Fsp3) is 0.400. The molecular weight excluding hydrogens is 308 g/mol. The number of hydrogen-bond donors (Lipinski definition) is 4. The summed E-state index contributed by atoms with van der Waals surface area (Å²) in [5, 5.41) is 31.2. The molecule has 2 rings (SSSR count). The number of aromatic nitrogens is 1. The third-order valence-electron chi connectivity index (χ3n) is 3.51. The average Bonchev–Trinajstić information content (AvgIpc) is 2.79. The van der Waals surface area contributed by atoms with Crippen LogP contribution in [-0.2, 0) is 18.3 Å². The molecule has 1 heterocycles. The van der Waals surface area contributed by atoms with Crippen molar-refractivity contribution in [2.24, 2.45) is 7.05 Å². The summed E-state index contributed by atoms with van der Waals surface area (Å²) in [5.74, 6) is -0.979. The number of benzene rings is 1. The highest BCUT2D eigenvalue weighted by atomic mass is 35.5. The fourth-order valence-corrected chi connectivity index (χ4v) is 2.40. The molecule has 0 bridgehead atoms. The normalized spacial score (nSPS) is 13.6. The lowest BCUT2D eigenvalue weighted by Gasteiger charge is -2.16. The van der Waals surface area contributed by atoms with E-state index in [1.165, 1.54) is 0 Å². The van der Waals surface area contributed by atoms with Crippen LogP contribution in [0.1, 0.15) is 5.56 Å². The second-order valence-corrected chi connectivity index (χ2v) is 5.12. The van der Waals surface area contributed by atoms with Crippen LogP contribution in [0.2, 0.25) is 0 Å². The Morgan fingerprint density at radius 1 is 1.36 bits per heavy atom. The maximum Gasteiger partial charge on any atom is 0.321 e. The van der Waals surface area contributed by atoms with E-state index in [0.29, 0.717) is 6.42 Å². The van der Waals surface area contributed by atoms with Gasteiger partial charge in [0.1, 0.15) is 6.04 Å². The van der Waals surface area contributed by atoms with E-state index in [9.17, 15) is 15.0 Å². The molecule has 0 fully saturated rings. The first-order chi connectivity index (χ1) is 10.0. The summed E-state index contributed by atoms with van der Waals surface area (Å²) in [6, 6.07) is 7.00. The van der Waals surface area contributed by atoms with Crippen molar-refractivity contribution < 1.29 is 20.1 Å². The minimum absolute atomic E-state index is 0. The zero-order valence-corrected chi connectivity index (χ0v) is 13.1. The second kappa shape index (κ2) is 8.14. The number of aryl methyl sites for hydroxylation is 1. The lowest BCUT2D eigenvalue weighted by Crippen LogP contribution is -2.43. The molecule has 0 aliphatic carbocycles. The van der Waals surface area contributed by atoms with Crippen LogP contribution in [-0.4, -0.2) is 51.2 Å². The summed E-state index contributed by atoms with van der Waals surface area (Å²) in [5.41, 5.74) is 1.98. The van der Waals surface area contributed by atoms with E-state index in [0.717, 1.165) is 16.5 Å². The van der Waals surface area contributed by atoms with Crippen molar-refractivity contribution in [2.75, 3.05) is 13.2 Å². The molecule has 0 saturated carbocycles. The van der Waals surface area contributed by atoms with Crippen molar-refractivity contribution >= 4 is 29.3 Å². The lowest BCUT2D eigenvalue weighted by molar-refractivity contribution is -0.139. The lowest BCUT2D eigenvalue weighted by atomic mass is 10.0. The third kappa shape index (κ3) is 4.20. The Balaban J connectivity index is 0.00000242. The molecule has 6 nitrogen and oxygen atoms in total. The predicted molar refractivity (Wildman–Crippen MR) is 86.4 cm³/mol. The van der Waals surface area contributed by atoms with Gasteiger partial charge in [0.15, 0.2) is 0 Å². The van der Waals surface area contributed by atoms with Gasteiger partial charge in [-0.2, -0.15) is 0 Å². The first kappa shape index (κ1) is 18.4. The predicted octanol–water partition coefficient (Wildman–Crippen LogP) is 0.539. The number of halogens is 1. The van der Waals surface area contributed by atoms with Crippen LogP contribution in [0.4, 0.5) is 0 Å². The van der Waals surface area contributed by atoms with Gasteiger partial charge in [-0.3, -0.25) is 4.79 Å². The molecule has 0 saturated heterocycles. The van der Waals surface area contributed by atoms with Crippen molar-refractivity contribution in [1.29, 1.82) is 0 Å². The average molecular weight is 329 g/mol. The van der Waals surface area contributed by atoms with Crippen molar-refractivity contribution in [1.82, 2.24) is 9.88 Å². The second-order valence-electron chi connectivity index (χ2n) is 5.12. The third-order valence-corrected chi connectivity index (χ3v) is 3.51. The van der Waals surface area contributed by atoms with Gasteiger partial charge < -0.3 is 25.2 Å². The summed E-state index contributed by atoms with van der Waals surface area (Å²) < 4.78 is 1.96. The van der Waals surface area contributed by atoms with Gasteiger partial charge in [-0.05, 0) is 11.6 Å². The van der Waals surface area contributed by atoms with Gasteiger partial charge in [0, 0.05) is 37.1 Å². The number of carboxylic acids is 1. The molecule has 4 N–H and O–H groups in total. The van der Waals surface area contributed by atoms with E-state index in [2.05, 4.69) is 5.32 Å². The van der Waals surface area contributed by atoms with E-state index < -0.39 is 24.7 Å². The van der Waals surface area contributed by atoms with Crippen LogP contribution < -0.4 is 5.32 Å². The highest BCUT2D eigenvalue weighted by Crippen LogP contribution is 2.21. The molecule has 7 heteroatoms. The molecule has 0 aliphatic heterocycles.